The van der Waals surface area contributed by atoms with Crippen molar-refractivity contribution in [2.45, 2.75) is 37.8 Å². The van der Waals surface area contributed by atoms with Crippen LogP contribution >= 0.6 is 0 Å². The van der Waals surface area contributed by atoms with E-state index in [-0.39, 0.29) is 24.5 Å². The first-order valence-electron chi connectivity index (χ1n) is 4.49. The van der Waals surface area contributed by atoms with Crippen LogP contribution in [0.25, 0.3) is 0 Å². The van der Waals surface area contributed by atoms with Crippen molar-refractivity contribution < 1.29 is 4.79 Å². The Morgan fingerprint density at radius 3 is 2.67 bits per heavy atom. The van der Waals surface area contributed by atoms with Crippen LogP contribution < -0.4 is 16.8 Å². The highest BCUT2D eigenvalue weighted by atomic mass is 16.1. The van der Waals surface area contributed by atoms with Crippen molar-refractivity contribution >= 4 is 5.91 Å². The van der Waals surface area contributed by atoms with E-state index >= 15 is 0 Å². The van der Waals surface area contributed by atoms with Crippen LogP contribution in [0.1, 0.15) is 25.7 Å². The van der Waals surface area contributed by atoms with Gasteiger partial charge < -0.3 is 16.8 Å². The Morgan fingerprint density at radius 1 is 1.42 bits per heavy atom. The molecule has 0 spiro atoms. The molecular weight excluding hydrogens is 154 g/mol. The van der Waals surface area contributed by atoms with Gasteiger partial charge >= 0.3 is 0 Å². The van der Waals surface area contributed by atoms with E-state index in [9.17, 15) is 4.79 Å². The van der Waals surface area contributed by atoms with E-state index < -0.39 is 0 Å². The van der Waals surface area contributed by atoms with Crippen LogP contribution in [0, 0.1) is 0 Å². The lowest BCUT2D eigenvalue weighted by molar-refractivity contribution is -0.120. The molecule has 2 atom stereocenters. The van der Waals surface area contributed by atoms with E-state index in [0.29, 0.717) is 0 Å². The maximum Gasteiger partial charge on any atom is 0.234 e. The van der Waals surface area contributed by atoms with Gasteiger partial charge in [-0.3, -0.25) is 4.79 Å². The molecule has 12 heavy (non-hydrogen) atoms. The fraction of sp³-hybridized carbons (Fsp3) is 0.875. The highest BCUT2D eigenvalue weighted by Gasteiger charge is 2.22. The smallest absolute Gasteiger partial charge is 0.234 e. The molecule has 0 saturated heterocycles. The molecule has 5 N–H and O–H groups in total. The van der Waals surface area contributed by atoms with Crippen LogP contribution in [0.4, 0.5) is 0 Å². The Kier molecular flexibility index (Phi) is 3.49. The molecule has 4 heteroatoms. The summed E-state index contributed by atoms with van der Waals surface area (Å²) in [6.45, 7) is 0.0587. The summed E-state index contributed by atoms with van der Waals surface area (Å²) in [5, 5.41) is 2.83. The predicted molar refractivity (Wildman–Crippen MR) is 47.4 cm³/mol. The first-order chi connectivity index (χ1) is 5.74. The van der Waals surface area contributed by atoms with E-state index in [1.165, 1.54) is 6.42 Å². The second-order valence-electron chi connectivity index (χ2n) is 3.33. The third-order valence-electron chi connectivity index (χ3n) is 2.35. The maximum atomic E-state index is 10.9. The fourth-order valence-corrected chi connectivity index (χ4v) is 1.60. The van der Waals surface area contributed by atoms with Crippen LogP contribution in [0.5, 0.6) is 0 Å². The minimum absolute atomic E-state index is 0.0587. The number of hydrogen-bond donors (Lipinski definition) is 3. The first-order valence-corrected chi connectivity index (χ1v) is 4.49. The number of carbonyl (C=O) groups excluding carboxylic acids is 1. The van der Waals surface area contributed by atoms with E-state index in [1.54, 1.807) is 0 Å². The minimum Gasteiger partial charge on any atom is -0.351 e. The second-order valence-corrected chi connectivity index (χ2v) is 3.33. The molecule has 0 aromatic heterocycles. The average Bonchev–Trinajstić information content (AvgIpc) is 2.09. The zero-order valence-electron chi connectivity index (χ0n) is 7.25. The van der Waals surface area contributed by atoms with Gasteiger partial charge in [0.25, 0.3) is 0 Å². The lowest BCUT2D eigenvalue weighted by Crippen LogP contribution is -2.50. The molecule has 1 saturated carbocycles. The SMILES string of the molecule is NCC(=O)NC1CCCCC1N. The number of rotatable bonds is 2. The normalized spacial score (nSPS) is 29.8. The van der Waals surface area contributed by atoms with Gasteiger partial charge in [-0.2, -0.15) is 0 Å². The lowest BCUT2D eigenvalue weighted by Gasteiger charge is -2.29. The van der Waals surface area contributed by atoms with Gasteiger partial charge in [0.05, 0.1) is 6.54 Å². The van der Waals surface area contributed by atoms with Crippen molar-refractivity contribution in [2.24, 2.45) is 11.5 Å². The van der Waals surface area contributed by atoms with E-state index in [4.69, 9.17) is 11.5 Å². The van der Waals surface area contributed by atoms with Crippen molar-refractivity contribution in [3.63, 3.8) is 0 Å². The maximum absolute atomic E-state index is 10.9. The third kappa shape index (κ3) is 2.46. The van der Waals surface area contributed by atoms with Crippen molar-refractivity contribution in [1.82, 2.24) is 5.32 Å². The lowest BCUT2D eigenvalue weighted by atomic mass is 9.91. The summed E-state index contributed by atoms with van der Waals surface area (Å²) >= 11 is 0. The van der Waals surface area contributed by atoms with Gasteiger partial charge in [-0.15, -0.1) is 0 Å². The Balaban J connectivity index is 2.33. The summed E-state index contributed by atoms with van der Waals surface area (Å²) < 4.78 is 0. The molecule has 1 amide bonds. The predicted octanol–water partition coefficient (Wildman–Crippen LogP) is -0.669. The molecule has 0 heterocycles. The van der Waals surface area contributed by atoms with Gasteiger partial charge in [0.15, 0.2) is 0 Å². The van der Waals surface area contributed by atoms with Crippen LogP contribution in [0.2, 0.25) is 0 Å². The summed E-state index contributed by atoms with van der Waals surface area (Å²) in [4.78, 5) is 10.9. The number of nitrogens with one attached hydrogen (secondary N) is 1. The first kappa shape index (κ1) is 9.48. The topological polar surface area (TPSA) is 81.1 Å². The van der Waals surface area contributed by atoms with Gasteiger partial charge in [0.2, 0.25) is 5.91 Å². The molecule has 0 aliphatic heterocycles. The number of hydrogen-bond acceptors (Lipinski definition) is 3. The summed E-state index contributed by atoms with van der Waals surface area (Å²) in [7, 11) is 0. The Bertz CT molecular complexity index is 160. The largest absolute Gasteiger partial charge is 0.351 e. The van der Waals surface area contributed by atoms with Crippen molar-refractivity contribution in [3.8, 4) is 0 Å². The average molecular weight is 171 g/mol. The number of carbonyl (C=O) groups is 1. The number of amides is 1. The zero-order chi connectivity index (χ0) is 8.97. The van der Waals surface area contributed by atoms with Gasteiger partial charge in [-0.25, -0.2) is 0 Å². The summed E-state index contributed by atoms with van der Waals surface area (Å²) in [5.41, 5.74) is 11.0. The van der Waals surface area contributed by atoms with Gasteiger partial charge in [0.1, 0.15) is 0 Å². The Labute approximate surface area is 72.7 Å². The molecule has 0 aromatic carbocycles. The molecule has 0 radical (unpaired) electrons. The van der Waals surface area contributed by atoms with Gasteiger partial charge in [0, 0.05) is 12.1 Å². The monoisotopic (exact) mass is 171 g/mol. The molecule has 2 unspecified atom stereocenters. The van der Waals surface area contributed by atoms with Crippen molar-refractivity contribution in [3.05, 3.63) is 0 Å². The molecule has 1 aliphatic rings. The summed E-state index contributed by atoms with van der Waals surface area (Å²) in [6.07, 6.45) is 4.34. The Hall–Kier alpha value is -0.610. The van der Waals surface area contributed by atoms with Gasteiger partial charge in [-0.1, -0.05) is 12.8 Å². The zero-order valence-corrected chi connectivity index (χ0v) is 7.25. The highest BCUT2D eigenvalue weighted by molar-refractivity contribution is 5.78. The molecule has 1 rings (SSSR count). The fourth-order valence-electron chi connectivity index (χ4n) is 1.60. The van der Waals surface area contributed by atoms with Crippen molar-refractivity contribution in [2.75, 3.05) is 6.54 Å². The second kappa shape index (κ2) is 4.42. The standard InChI is InChI=1S/C8H17N3O/c9-5-8(12)11-7-4-2-1-3-6(7)10/h6-7H,1-5,9-10H2,(H,11,12). The summed E-state index contributed by atoms with van der Waals surface area (Å²) in [5.74, 6) is -0.0997. The molecule has 1 aliphatic carbocycles. The molecule has 70 valence electrons. The van der Waals surface area contributed by atoms with Crippen LogP contribution in [-0.4, -0.2) is 24.5 Å². The Morgan fingerprint density at radius 2 is 2.08 bits per heavy atom. The number of nitrogens with two attached hydrogens (primary N) is 2. The van der Waals surface area contributed by atoms with Gasteiger partial charge in [-0.05, 0) is 12.8 Å². The van der Waals surface area contributed by atoms with E-state index in [2.05, 4.69) is 5.32 Å². The molecule has 0 bridgehead atoms. The quantitative estimate of drug-likeness (QED) is 0.515. The molecule has 1 fully saturated rings. The van der Waals surface area contributed by atoms with E-state index in [0.717, 1.165) is 19.3 Å². The highest BCUT2D eigenvalue weighted by Crippen LogP contribution is 2.16. The molecule has 0 aromatic rings. The van der Waals surface area contributed by atoms with Crippen LogP contribution in [0.15, 0.2) is 0 Å². The van der Waals surface area contributed by atoms with Crippen molar-refractivity contribution in [1.29, 1.82) is 0 Å². The van der Waals surface area contributed by atoms with Crippen LogP contribution in [0.3, 0.4) is 0 Å². The van der Waals surface area contributed by atoms with E-state index in [1.807, 2.05) is 0 Å². The molecular formula is C8H17N3O. The minimum atomic E-state index is -0.0997. The molecule has 4 nitrogen and oxygen atoms in total. The third-order valence-corrected chi connectivity index (χ3v) is 2.35. The van der Waals surface area contributed by atoms with Crippen LogP contribution in [-0.2, 0) is 4.79 Å². The summed E-state index contributed by atoms with van der Waals surface area (Å²) in [6, 6.07) is 0.268.